The predicted molar refractivity (Wildman–Crippen MR) is 113 cm³/mol. The second-order valence-corrected chi connectivity index (χ2v) is 8.92. The SMILES string of the molecule is CCCN(Cc1ccccc1)C(=O)C=Cc1ccc(N2CCCS2(=O)=O)cc1. The molecule has 0 bridgehead atoms. The van der Waals surface area contributed by atoms with Gasteiger partial charge in [0.15, 0.2) is 0 Å². The lowest BCUT2D eigenvalue weighted by molar-refractivity contribution is -0.126. The number of anilines is 1. The molecule has 5 nitrogen and oxygen atoms in total. The van der Waals surface area contributed by atoms with Gasteiger partial charge in [0.1, 0.15) is 0 Å². The molecule has 0 aromatic heterocycles. The number of carbonyl (C=O) groups excluding carboxylic acids is 1. The number of hydrogen-bond acceptors (Lipinski definition) is 3. The molecule has 0 spiro atoms. The van der Waals surface area contributed by atoms with Gasteiger partial charge < -0.3 is 4.90 Å². The summed E-state index contributed by atoms with van der Waals surface area (Å²) in [6.07, 6.45) is 4.91. The van der Waals surface area contributed by atoms with Crippen molar-refractivity contribution >= 4 is 27.7 Å². The Morgan fingerprint density at radius 3 is 2.43 bits per heavy atom. The molecule has 6 heteroatoms. The normalized spacial score (nSPS) is 15.8. The zero-order valence-electron chi connectivity index (χ0n) is 16.1. The van der Waals surface area contributed by atoms with E-state index in [1.54, 1.807) is 24.3 Å². The average molecular weight is 399 g/mol. The number of benzene rings is 2. The van der Waals surface area contributed by atoms with Gasteiger partial charge in [-0.2, -0.15) is 0 Å². The van der Waals surface area contributed by atoms with Crippen molar-refractivity contribution in [3.8, 4) is 0 Å². The average Bonchev–Trinajstić information content (AvgIpc) is 3.06. The fourth-order valence-corrected chi connectivity index (χ4v) is 4.86. The predicted octanol–water partition coefficient (Wildman–Crippen LogP) is 3.68. The molecule has 1 amide bonds. The molecule has 2 aromatic rings. The molecule has 0 aliphatic carbocycles. The summed E-state index contributed by atoms with van der Waals surface area (Å²) in [6, 6.07) is 17.2. The van der Waals surface area contributed by atoms with Crippen LogP contribution in [0.25, 0.3) is 6.08 Å². The molecular weight excluding hydrogens is 372 g/mol. The molecule has 1 aliphatic rings. The Hall–Kier alpha value is -2.60. The number of carbonyl (C=O) groups is 1. The number of sulfonamides is 1. The van der Waals surface area contributed by atoms with E-state index in [2.05, 4.69) is 6.92 Å². The van der Waals surface area contributed by atoms with Crippen LogP contribution >= 0.6 is 0 Å². The van der Waals surface area contributed by atoms with Crippen LogP contribution in [-0.2, 0) is 21.4 Å². The van der Waals surface area contributed by atoms with Crippen molar-refractivity contribution in [3.63, 3.8) is 0 Å². The van der Waals surface area contributed by atoms with E-state index in [1.165, 1.54) is 4.31 Å². The standard InChI is InChI=1S/C22H26N2O3S/c1-2-15-23(18-20-7-4-3-5-8-20)22(25)14-11-19-9-12-21(13-10-19)24-16-6-17-28(24,26)27/h3-5,7-14H,2,6,15-18H2,1H3. The van der Waals surface area contributed by atoms with Crippen molar-refractivity contribution in [2.45, 2.75) is 26.3 Å². The molecule has 0 radical (unpaired) electrons. The molecule has 0 atom stereocenters. The van der Waals surface area contributed by atoms with Crippen molar-refractivity contribution < 1.29 is 13.2 Å². The Bertz CT molecular complexity index is 922. The fraction of sp³-hybridized carbons (Fsp3) is 0.318. The van der Waals surface area contributed by atoms with Crippen molar-refractivity contribution in [1.82, 2.24) is 4.90 Å². The van der Waals surface area contributed by atoms with Gasteiger partial charge in [-0.25, -0.2) is 8.42 Å². The van der Waals surface area contributed by atoms with Crippen LogP contribution in [0.1, 0.15) is 30.9 Å². The second kappa shape index (κ2) is 9.06. The third-order valence-corrected chi connectivity index (χ3v) is 6.59. The van der Waals surface area contributed by atoms with Crippen molar-refractivity contribution in [3.05, 3.63) is 71.8 Å². The van der Waals surface area contributed by atoms with Gasteiger partial charge in [0.05, 0.1) is 11.4 Å². The largest absolute Gasteiger partial charge is 0.335 e. The van der Waals surface area contributed by atoms with E-state index in [9.17, 15) is 13.2 Å². The number of hydrogen-bond donors (Lipinski definition) is 0. The molecule has 1 aliphatic heterocycles. The Morgan fingerprint density at radius 1 is 1.11 bits per heavy atom. The van der Waals surface area contributed by atoms with Crippen LogP contribution in [0.4, 0.5) is 5.69 Å². The van der Waals surface area contributed by atoms with Crippen molar-refractivity contribution in [2.24, 2.45) is 0 Å². The first kappa shape index (κ1) is 20.1. The van der Waals surface area contributed by atoms with E-state index in [-0.39, 0.29) is 11.7 Å². The molecule has 1 heterocycles. The smallest absolute Gasteiger partial charge is 0.246 e. The number of amides is 1. The van der Waals surface area contributed by atoms with Gasteiger partial charge in [0, 0.05) is 25.7 Å². The monoisotopic (exact) mass is 398 g/mol. The van der Waals surface area contributed by atoms with Crippen LogP contribution in [0.15, 0.2) is 60.7 Å². The van der Waals surface area contributed by atoms with Gasteiger partial charge in [-0.1, -0.05) is 49.4 Å². The summed E-state index contributed by atoms with van der Waals surface area (Å²) in [4.78, 5) is 14.5. The maximum Gasteiger partial charge on any atom is 0.246 e. The van der Waals surface area contributed by atoms with E-state index in [0.29, 0.717) is 31.7 Å². The lowest BCUT2D eigenvalue weighted by Gasteiger charge is -2.20. The van der Waals surface area contributed by atoms with Crippen molar-refractivity contribution in [2.75, 3.05) is 23.1 Å². The second-order valence-electron chi connectivity index (χ2n) is 6.91. The molecule has 28 heavy (non-hydrogen) atoms. The summed E-state index contributed by atoms with van der Waals surface area (Å²) in [5, 5.41) is 0. The number of nitrogens with zero attached hydrogens (tertiary/aromatic N) is 2. The summed E-state index contributed by atoms with van der Waals surface area (Å²) in [5.74, 6) is 0.176. The van der Waals surface area contributed by atoms with Gasteiger partial charge in [-0.15, -0.1) is 0 Å². The topological polar surface area (TPSA) is 57.7 Å². The highest BCUT2D eigenvalue weighted by Gasteiger charge is 2.28. The van der Waals surface area contributed by atoms with Gasteiger partial charge in [-0.05, 0) is 42.2 Å². The van der Waals surface area contributed by atoms with Crippen LogP contribution < -0.4 is 4.31 Å². The first-order valence-corrected chi connectivity index (χ1v) is 11.2. The summed E-state index contributed by atoms with van der Waals surface area (Å²) in [5.41, 5.74) is 2.65. The van der Waals surface area contributed by atoms with E-state index < -0.39 is 10.0 Å². The zero-order chi connectivity index (χ0) is 20.0. The molecule has 0 N–H and O–H groups in total. The molecule has 3 rings (SSSR count). The molecule has 0 saturated carbocycles. The van der Waals surface area contributed by atoms with Gasteiger partial charge in [0.2, 0.25) is 15.9 Å². The van der Waals surface area contributed by atoms with Crippen LogP contribution in [0, 0.1) is 0 Å². The first-order chi connectivity index (χ1) is 13.5. The lowest BCUT2D eigenvalue weighted by Crippen LogP contribution is -2.29. The summed E-state index contributed by atoms with van der Waals surface area (Å²) < 4.78 is 25.5. The third-order valence-electron chi connectivity index (χ3n) is 4.72. The highest BCUT2D eigenvalue weighted by Crippen LogP contribution is 2.24. The molecule has 1 saturated heterocycles. The Kier molecular flexibility index (Phi) is 6.52. The highest BCUT2D eigenvalue weighted by atomic mass is 32.2. The van der Waals surface area contributed by atoms with E-state index in [4.69, 9.17) is 0 Å². The summed E-state index contributed by atoms with van der Waals surface area (Å²) >= 11 is 0. The molecule has 1 fully saturated rings. The van der Waals surface area contributed by atoms with Gasteiger partial charge in [0.25, 0.3) is 0 Å². The van der Waals surface area contributed by atoms with E-state index in [0.717, 1.165) is 17.5 Å². The number of rotatable bonds is 7. The minimum Gasteiger partial charge on any atom is -0.335 e. The third kappa shape index (κ3) is 5.01. The molecule has 2 aromatic carbocycles. The van der Waals surface area contributed by atoms with Crippen LogP contribution in [-0.4, -0.2) is 38.1 Å². The van der Waals surface area contributed by atoms with E-state index >= 15 is 0 Å². The Labute approximate surface area is 167 Å². The Morgan fingerprint density at radius 2 is 1.82 bits per heavy atom. The van der Waals surface area contributed by atoms with Gasteiger partial charge in [-0.3, -0.25) is 9.10 Å². The van der Waals surface area contributed by atoms with Gasteiger partial charge >= 0.3 is 0 Å². The minimum atomic E-state index is -3.17. The first-order valence-electron chi connectivity index (χ1n) is 9.61. The zero-order valence-corrected chi connectivity index (χ0v) is 16.9. The van der Waals surface area contributed by atoms with Crippen LogP contribution in [0.5, 0.6) is 0 Å². The van der Waals surface area contributed by atoms with Crippen molar-refractivity contribution in [1.29, 1.82) is 0 Å². The highest BCUT2D eigenvalue weighted by molar-refractivity contribution is 7.93. The minimum absolute atomic E-state index is 0.0306. The summed E-state index contributed by atoms with van der Waals surface area (Å²) in [6.45, 7) is 3.87. The molecule has 148 valence electrons. The lowest BCUT2D eigenvalue weighted by atomic mass is 10.1. The van der Waals surface area contributed by atoms with Crippen LogP contribution in [0.3, 0.4) is 0 Å². The summed E-state index contributed by atoms with van der Waals surface area (Å²) in [7, 11) is -3.17. The Balaban J connectivity index is 1.66. The quantitative estimate of drug-likeness (QED) is 0.669. The maximum absolute atomic E-state index is 12.6. The molecule has 0 unspecified atom stereocenters. The van der Waals surface area contributed by atoms with Crippen LogP contribution in [0.2, 0.25) is 0 Å². The van der Waals surface area contributed by atoms with E-state index in [1.807, 2.05) is 47.4 Å². The fourth-order valence-electron chi connectivity index (χ4n) is 3.30. The molecular formula is C22H26N2O3S. The maximum atomic E-state index is 12.6.